The summed E-state index contributed by atoms with van der Waals surface area (Å²) in [6.45, 7) is 7.21. The molecule has 1 fully saturated rings. The number of rotatable bonds is 11. The zero-order chi connectivity index (χ0) is 29.8. The van der Waals surface area contributed by atoms with E-state index in [0.29, 0.717) is 5.92 Å². The van der Waals surface area contributed by atoms with Crippen LogP contribution >= 0.6 is 32.6 Å². The van der Waals surface area contributed by atoms with Crippen molar-refractivity contribution in [2.24, 2.45) is 10.9 Å². The molecule has 0 aromatic heterocycles. The third-order valence-electron chi connectivity index (χ3n) is 6.58. The van der Waals surface area contributed by atoms with E-state index in [0.717, 1.165) is 12.5 Å². The van der Waals surface area contributed by atoms with Gasteiger partial charge in [-0.05, 0) is 37.7 Å². The number of carbonyl (C=O) groups is 1. The van der Waals surface area contributed by atoms with Crippen molar-refractivity contribution >= 4 is 44.4 Å². The fourth-order valence-corrected chi connectivity index (χ4v) is 5.79. The fraction of sp³-hybridized carbons (Fsp3) is 0.615. The zero-order valence-electron chi connectivity index (χ0n) is 22.6. The van der Waals surface area contributed by atoms with Crippen molar-refractivity contribution < 1.29 is 31.9 Å². The van der Waals surface area contributed by atoms with Gasteiger partial charge in [0.1, 0.15) is 30.0 Å². The minimum atomic E-state index is -4.91. The second-order valence-electron chi connectivity index (χ2n) is 10.3. The molecule has 1 saturated heterocycles. The molecule has 220 valence electrons. The summed E-state index contributed by atoms with van der Waals surface area (Å²) in [6, 6.07) is -2.97. The lowest BCUT2D eigenvalue weighted by Gasteiger charge is -2.37. The maximum absolute atomic E-state index is 14.8. The van der Waals surface area contributed by atoms with E-state index in [1.54, 1.807) is 13.8 Å². The quantitative estimate of drug-likeness (QED) is 0.149. The highest BCUT2D eigenvalue weighted by Gasteiger charge is 2.49. The van der Waals surface area contributed by atoms with Gasteiger partial charge in [-0.2, -0.15) is 13.2 Å². The summed E-state index contributed by atoms with van der Waals surface area (Å²) in [6.07, 6.45) is -0.172. The fourth-order valence-electron chi connectivity index (χ4n) is 4.26. The van der Waals surface area contributed by atoms with E-state index in [1.807, 2.05) is 34.6 Å². The molecule has 2 aliphatic rings. The normalized spacial score (nSPS) is 26.7. The Kier molecular flexibility index (Phi) is 11.7. The number of allylic oxidation sites excluding steroid dienone is 3. The van der Waals surface area contributed by atoms with E-state index in [2.05, 4.69) is 10.3 Å². The number of carboxylic acids is 1. The first-order valence-corrected chi connectivity index (χ1v) is 14.3. The van der Waals surface area contributed by atoms with Gasteiger partial charge in [0.25, 0.3) is 0 Å². The Hall–Kier alpha value is -1.42. The number of nitrogens with one attached hydrogen (secondary N) is 1. The molecule has 0 aliphatic carbocycles. The van der Waals surface area contributed by atoms with Crippen LogP contribution in [0.4, 0.5) is 22.0 Å². The minimum Gasteiger partial charge on any atom is -0.480 e. The van der Waals surface area contributed by atoms with Gasteiger partial charge in [0.15, 0.2) is 0 Å². The number of hydrogen-bond donors (Lipinski definition) is 2. The van der Waals surface area contributed by atoms with Crippen LogP contribution in [0.5, 0.6) is 0 Å². The van der Waals surface area contributed by atoms with Gasteiger partial charge >= 0.3 is 12.1 Å². The number of hydrogen-bond acceptors (Lipinski definition) is 5. The summed E-state index contributed by atoms with van der Waals surface area (Å²) in [4.78, 5) is 17.5. The molecule has 5 unspecified atom stereocenters. The lowest BCUT2D eigenvalue weighted by atomic mass is 9.93. The Morgan fingerprint density at radius 2 is 2.05 bits per heavy atom. The number of aliphatic carboxylic acids is 1. The van der Waals surface area contributed by atoms with E-state index < -0.39 is 59.7 Å². The molecule has 2 rings (SSSR count). The van der Waals surface area contributed by atoms with Crippen molar-refractivity contribution in [3.63, 3.8) is 0 Å². The van der Waals surface area contributed by atoms with Crippen LogP contribution in [0.2, 0.25) is 0 Å². The molecule has 0 bridgehead atoms. The summed E-state index contributed by atoms with van der Waals surface area (Å²) in [5.41, 5.74) is -1.49. The van der Waals surface area contributed by atoms with Gasteiger partial charge in [0.05, 0.1) is 10.3 Å². The minimum absolute atomic E-state index is 0.00440. The third-order valence-corrected chi connectivity index (χ3v) is 8.29. The molecule has 0 aromatic carbocycles. The van der Waals surface area contributed by atoms with Gasteiger partial charge in [0, 0.05) is 30.2 Å². The Balaban J connectivity index is 2.69. The average molecular weight is 616 g/mol. The largest absolute Gasteiger partial charge is 0.480 e. The van der Waals surface area contributed by atoms with E-state index >= 15 is 0 Å². The first kappa shape index (κ1) is 33.8. The summed E-state index contributed by atoms with van der Waals surface area (Å²) in [7, 11) is 1.95. The first-order valence-electron chi connectivity index (χ1n) is 12.5. The molecule has 5 atom stereocenters. The summed E-state index contributed by atoms with van der Waals surface area (Å²) < 4.78 is 71.0. The maximum Gasteiger partial charge on any atom is 0.416 e. The lowest BCUT2D eigenvalue weighted by Crippen LogP contribution is -2.50. The number of aliphatic imine (C=N–C) groups is 1. The highest BCUT2D eigenvalue weighted by Crippen LogP contribution is 2.42. The summed E-state index contributed by atoms with van der Waals surface area (Å²) in [5.74, 6) is -0.840. The van der Waals surface area contributed by atoms with E-state index in [1.165, 1.54) is 29.7 Å². The number of likely N-dealkylation sites (tertiary alicyclic amines) is 1. The molecule has 13 heteroatoms. The number of nitrogens with zero attached hydrogens (tertiary/aromatic N) is 2. The molecule has 2 heterocycles. The molecule has 0 saturated carbocycles. The van der Waals surface area contributed by atoms with Crippen LogP contribution in [0.25, 0.3) is 0 Å². The van der Waals surface area contributed by atoms with Gasteiger partial charge in [-0.1, -0.05) is 59.3 Å². The molecule has 5 nitrogen and oxygen atoms in total. The lowest BCUT2D eigenvalue weighted by molar-refractivity contribution is -0.142. The average Bonchev–Trinajstić information content (AvgIpc) is 3.11. The van der Waals surface area contributed by atoms with Crippen molar-refractivity contribution in [3.05, 3.63) is 45.5 Å². The van der Waals surface area contributed by atoms with Crippen LogP contribution in [0.1, 0.15) is 47.5 Å². The van der Waals surface area contributed by atoms with Crippen molar-refractivity contribution in [2.45, 2.75) is 75.9 Å². The molecule has 0 spiro atoms. The number of amidine groups is 1. The number of alkyl halides is 5. The number of thioether (sulfide) groups is 1. The highest BCUT2D eigenvalue weighted by molar-refractivity contribution is 8.04. The van der Waals surface area contributed by atoms with Crippen LogP contribution < -0.4 is 5.32 Å². The maximum atomic E-state index is 14.8. The predicted octanol–water partition coefficient (Wildman–Crippen LogP) is 6.98. The van der Waals surface area contributed by atoms with Gasteiger partial charge < -0.3 is 10.4 Å². The summed E-state index contributed by atoms with van der Waals surface area (Å²) >= 11 is 7.57. The number of carboxylic acid groups (broad SMARTS) is 1. The Morgan fingerprint density at radius 1 is 1.41 bits per heavy atom. The Labute approximate surface area is 238 Å². The van der Waals surface area contributed by atoms with E-state index in [4.69, 9.17) is 11.6 Å². The van der Waals surface area contributed by atoms with Crippen LogP contribution in [0.3, 0.4) is 0 Å². The number of halogens is 6. The standard InChI is InChI=1S/C26H36ClF5N3O2PS/c1-6-15(2)9-11-39-24(4,5)23-33-18(13-35-14-25(29,38)12-19(35)22(36)37)20(26(30,31)32)21(34-23)17(16(3)27)8-7-10-28/h7-9,11,15,19,21H,6,10,12-14,38H2,1-5H3,(H,33,34)(H,36,37)/b8-7-,11-9-,17-16-. The van der Waals surface area contributed by atoms with Crippen LogP contribution in [-0.4, -0.2) is 70.0 Å². The topological polar surface area (TPSA) is 64.9 Å². The SMILES string of the molecule is CCC(C)/C=C\SC(C)(C)C1=NC(C(/C=C\CF)=C(/C)Cl)C(C(F)(F)F)=C(CN2CC(F)(P)CC2C(=O)O)N1. The third kappa shape index (κ3) is 9.03. The smallest absolute Gasteiger partial charge is 0.416 e. The second kappa shape index (κ2) is 13.5. The molecule has 2 N–H and O–H groups in total. The van der Waals surface area contributed by atoms with Crippen molar-refractivity contribution in [1.82, 2.24) is 10.2 Å². The molecule has 0 amide bonds. The molecule has 39 heavy (non-hydrogen) atoms. The summed E-state index contributed by atoms with van der Waals surface area (Å²) in [5, 5.41) is 12.4. The van der Waals surface area contributed by atoms with Crippen molar-refractivity contribution in [3.8, 4) is 0 Å². The van der Waals surface area contributed by atoms with E-state index in [-0.39, 0.29) is 28.6 Å². The zero-order valence-corrected chi connectivity index (χ0v) is 25.3. The van der Waals surface area contributed by atoms with Gasteiger partial charge in [0.2, 0.25) is 0 Å². The first-order chi connectivity index (χ1) is 17.9. The molecular weight excluding hydrogens is 580 g/mol. The van der Waals surface area contributed by atoms with Gasteiger partial charge in [-0.25, -0.2) is 8.78 Å². The Bertz CT molecular complexity index is 1070. The molecule has 2 aliphatic heterocycles. The molecular formula is C26H36ClF5N3O2PS. The Morgan fingerprint density at radius 3 is 2.56 bits per heavy atom. The highest BCUT2D eigenvalue weighted by atomic mass is 35.5. The predicted molar refractivity (Wildman–Crippen MR) is 153 cm³/mol. The second-order valence-corrected chi connectivity index (χ2v) is 13.4. The van der Waals surface area contributed by atoms with Gasteiger partial charge in [-0.3, -0.25) is 14.7 Å². The van der Waals surface area contributed by atoms with E-state index in [9.17, 15) is 31.9 Å². The van der Waals surface area contributed by atoms with Gasteiger partial charge in [-0.15, -0.1) is 11.8 Å². The van der Waals surface area contributed by atoms with Crippen molar-refractivity contribution in [2.75, 3.05) is 19.8 Å². The van der Waals surface area contributed by atoms with Crippen LogP contribution in [-0.2, 0) is 4.79 Å². The molecule has 0 aromatic rings. The van der Waals surface area contributed by atoms with Crippen molar-refractivity contribution in [1.29, 1.82) is 0 Å². The van der Waals surface area contributed by atoms with Crippen LogP contribution in [0.15, 0.2) is 50.5 Å². The monoisotopic (exact) mass is 615 g/mol. The molecule has 0 radical (unpaired) electrons. The van der Waals surface area contributed by atoms with Crippen LogP contribution in [0, 0.1) is 5.92 Å².